The highest BCUT2D eigenvalue weighted by Gasteiger charge is 2.78. The molecule has 2 saturated carbocycles. The van der Waals surface area contributed by atoms with Gasteiger partial charge in [0.1, 0.15) is 29.5 Å². The van der Waals surface area contributed by atoms with Gasteiger partial charge in [-0.05, 0) is 78.7 Å². The van der Waals surface area contributed by atoms with Crippen LogP contribution in [-0.2, 0) is 47.6 Å². The second-order valence-electron chi connectivity index (χ2n) is 18.7. The molecule has 1 saturated heterocycles. The molecule has 4 N–H and O–H groups in total. The van der Waals surface area contributed by atoms with E-state index in [2.05, 4.69) is 5.32 Å². The van der Waals surface area contributed by atoms with Gasteiger partial charge in [-0.25, -0.2) is 14.4 Å². The molecule has 1 aromatic carbocycles. The highest BCUT2D eigenvalue weighted by Crippen LogP contribution is 2.64. The first-order chi connectivity index (χ1) is 27.5. The number of esters is 4. The van der Waals surface area contributed by atoms with Gasteiger partial charge in [0.15, 0.2) is 23.1 Å². The quantitative estimate of drug-likeness (QED) is 0.157. The SMILES string of the molecule is CC(=O)O[C@H]1C(=O)[C@@]2(C)[C@H]([C@H](OC(=O)c3ccccc3)[C@]3(O)C[C@H](OC(=O)[C@](C)(O)[C@H](C=C(C)C)NC(=O)OC(C)(C)C)C(C)=C1C3(C)C)[C@]1(OC(C)=O)CO[C@@H]1C[C@@H]2O. The number of rotatable bonds is 9. The predicted octanol–water partition coefficient (Wildman–Crippen LogP) is 3.81. The molecule has 1 aliphatic heterocycles. The minimum absolute atomic E-state index is 0.0113. The summed E-state index contributed by atoms with van der Waals surface area (Å²) in [6.07, 6.45) is -8.01. The van der Waals surface area contributed by atoms with Crippen LogP contribution >= 0.6 is 0 Å². The number of carbonyl (C=O) groups excluding carboxylic acids is 6. The van der Waals surface area contributed by atoms with Crippen molar-refractivity contribution in [2.24, 2.45) is 16.7 Å². The van der Waals surface area contributed by atoms with Crippen LogP contribution in [0.5, 0.6) is 0 Å². The summed E-state index contributed by atoms with van der Waals surface area (Å²) in [4.78, 5) is 82.8. The molecule has 1 aromatic rings. The second kappa shape index (κ2) is 16.0. The first-order valence-electron chi connectivity index (χ1n) is 20.0. The van der Waals surface area contributed by atoms with Crippen LogP contribution in [0.15, 0.2) is 53.1 Å². The molecule has 16 nitrogen and oxygen atoms in total. The van der Waals surface area contributed by atoms with E-state index in [0.29, 0.717) is 5.57 Å². The second-order valence-corrected chi connectivity index (χ2v) is 18.7. The van der Waals surface area contributed by atoms with Gasteiger partial charge >= 0.3 is 30.0 Å². The van der Waals surface area contributed by atoms with Crippen LogP contribution in [0, 0.1) is 16.7 Å². The Labute approximate surface area is 349 Å². The Hall–Kier alpha value is -4.64. The van der Waals surface area contributed by atoms with E-state index in [9.17, 15) is 39.3 Å². The normalized spacial score (nSPS) is 33.4. The number of carbonyl (C=O) groups is 6. The van der Waals surface area contributed by atoms with Crippen molar-refractivity contribution in [2.45, 2.75) is 155 Å². The molecular formula is C44H59NO15. The number of hydrogen-bond acceptors (Lipinski definition) is 15. The van der Waals surface area contributed by atoms with E-state index in [4.69, 9.17) is 28.4 Å². The lowest BCUT2D eigenvalue weighted by molar-refractivity contribution is -0.346. The Balaban J connectivity index is 1.75. The number of aliphatic hydroxyl groups excluding tert-OH is 1. The van der Waals surface area contributed by atoms with Crippen molar-refractivity contribution in [3.63, 3.8) is 0 Å². The summed E-state index contributed by atoms with van der Waals surface area (Å²) in [5.74, 6) is -6.30. The average molecular weight is 842 g/mol. The molecule has 4 aliphatic rings. The Morgan fingerprint density at radius 1 is 0.950 bits per heavy atom. The third kappa shape index (κ3) is 7.98. The molecule has 0 radical (unpaired) electrons. The predicted molar refractivity (Wildman–Crippen MR) is 212 cm³/mol. The summed E-state index contributed by atoms with van der Waals surface area (Å²) < 4.78 is 35.6. The van der Waals surface area contributed by atoms with Crippen molar-refractivity contribution >= 4 is 35.8 Å². The van der Waals surface area contributed by atoms with Crippen molar-refractivity contribution in [3.8, 4) is 0 Å². The third-order valence-electron chi connectivity index (χ3n) is 12.6. The minimum Gasteiger partial charge on any atom is -0.456 e. The van der Waals surface area contributed by atoms with Gasteiger partial charge in [0.25, 0.3) is 0 Å². The number of benzene rings is 1. The van der Waals surface area contributed by atoms with Crippen LogP contribution in [0.4, 0.5) is 4.79 Å². The third-order valence-corrected chi connectivity index (χ3v) is 12.6. The molecule has 60 heavy (non-hydrogen) atoms. The molecule has 330 valence electrons. The number of fused-ring (bicyclic) bond motifs is 5. The molecular weight excluding hydrogens is 782 g/mol. The van der Waals surface area contributed by atoms with E-state index in [1.807, 2.05) is 0 Å². The number of hydrogen-bond donors (Lipinski definition) is 4. The molecule has 0 aromatic heterocycles. The number of Topliss-reactive ketones (excluding diaryl/α,β-unsaturated/α-hetero) is 1. The Bertz CT molecular complexity index is 1980. The van der Waals surface area contributed by atoms with Gasteiger partial charge in [0, 0.05) is 32.1 Å². The highest BCUT2D eigenvalue weighted by atomic mass is 16.6. The number of nitrogens with one attached hydrogen (secondary N) is 1. The number of allylic oxidation sites excluding steroid dienone is 1. The number of alkyl carbamates (subject to hydrolysis) is 1. The lowest BCUT2D eigenvalue weighted by Crippen LogP contribution is -2.82. The number of aliphatic hydroxyl groups is 3. The van der Waals surface area contributed by atoms with Crippen molar-refractivity contribution in [1.82, 2.24) is 5.32 Å². The zero-order valence-electron chi connectivity index (χ0n) is 36.4. The topological polar surface area (TPSA) is 231 Å². The maximum absolute atomic E-state index is 15.4. The molecule has 0 spiro atoms. The summed E-state index contributed by atoms with van der Waals surface area (Å²) >= 11 is 0. The standard InChI is InChI=1S/C44H59NO15/c1-22(2)18-28(45-38(52)60-39(6,7)8)42(12,53)37(51)57-27-20-44(54)35(58-36(50)26-16-14-13-15-17-26)33-41(11,29(48)19-30-43(33,21-55-30)59-25(5)47)34(49)32(56-24(4)46)31(23(27)3)40(44,9)10/h13-18,27-30,32-33,35,48,53-54H,19-21H2,1-12H3,(H,45,52)/t27-,28-,29-,30+,32+,33-,35-,41+,42+,43-,44+/m0/s1. The van der Waals surface area contributed by atoms with E-state index in [0.717, 1.165) is 20.8 Å². The zero-order valence-corrected chi connectivity index (χ0v) is 36.4. The van der Waals surface area contributed by atoms with E-state index in [1.165, 1.54) is 32.1 Å². The van der Waals surface area contributed by atoms with Gasteiger partial charge in [-0.3, -0.25) is 14.4 Å². The highest BCUT2D eigenvalue weighted by molar-refractivity contribution is 5.95. The molecule has 3 fully saturated rings. The van der Waals surface area contributed by atoms with Gasteiger partial charge in [-0.15, -0.1) is 0 Å². The summed E-state index contributed by atoms with van der Waals surface area (Å²) in [5, 5.41) is 40.1. The Morgan fingerprint density at radius 2 is 1.57 bits per heavy atom. The molecule has 16 heteroatoms. The molecule has 5 rings (SSSR count). The fraction of sp³-hybridized carbons (Fsp3) is 0.636. The molecule has 1 heterocycles. The van der Waals surface area contributed by atoms with Crippen LogP contribution in [0.1, 0.15) is 106 Å². The van der Waals surface area contributed by atoms with Crippen LogP contribution in [0.25, 0.3) is 0 Å². The van der Waals surface area contributed by atoms with E-state index in [1.54, 1.807) is 66.7 Å². The molecule has 2 bridgehead atoms. The number of ether oxygens (including phenoxy) is 6. The summed E-state index contributed by atoms with van der Waals surface area (Å²) in [6, 6.07) is 6.43. The van der Waals surface area contributed by atoms with Crippen molar-refractivity contribution in [1.29, 1.82) is 0 Å². The molecule has 1 amide bonds. The van der Waals surface area contributed by atoms with Gasteiger partial charge in [0.2, 0.25) is 0 Å². The van der Waals surface area contributed by atoms with Gasteiger partial charge in [-0.2, -0.15) is 0 Å². The molecule has 3 aliphatic carbocycles. The van der Waals surface area contributed by atoms with Crippen LogP contribution in [-0.4, -0.2) is 117 Å². The van der Waals surface area contributed by atoms with Gasteiger partial charge in [0.05, 0.1) is 35.6 Å². The van der Waals surface area contributed by atoms with E-state index in [-0.39, 0.29) is 29.7 Å². The molecule has 0 unspecified atom stereocenters. The maximum atomic E-state index is 15.4. The lowest BCUT2D eigenvalue weighted by atomic mass is 9.44. The average Bonchev–Trinajstić information content (AvgIpc) is 3.11. The van der Waals surface area contributed by atoms with Crippen molar-refractivity contribution < 1.29 is 72.5 Å². The maximum Gasteiger partial charge on any atom is 0.408 e. The monoisotopic (exact) mass is 841 g/mol. The zero-order chi connectivity index (χ0) is 45.1. The Morgan fingerprint density at radius 3 is 2.08 bits per heavy atom. The fourth-order valence-electron chi connectivity index (χ4n) is 9.51. The summed E-state index contributed by atoms with van der Waals surface area (Å²) in [6.45, 7) is 17.4. The number of amides is 1. The summed E-state index contributed by atoms with van der Waals surface area (Å²) in [7, 11) is 0. The Kier molecular flexibility index (Phi) is 12.4. The van der Waals surface area contributed by atoms with Crippen LogP contribution in [0.3, 0.4) is 0 Å². The van der Waals surface area contributed by atoms with E-state index < -0.39 is 118 Å². The van der Waals surface area contributed by atoms with Gasteiger partial charge in [-0.1, -0.05) is 43.7 Å². The fourth-order valence-corrected chi connectivity index (χ4v) is 9.51. The van der Waals surface area contributed by atoms with Gasteiger partial charge < -0.3 is 49.1 Å². The largest absolute Gasteiger partial charge is 0.456 e. The first-order valence-corrected chi connectivity index (χ1v) is 20.0. The van der Waals surface area contributed by atoms with Crippen LogP contribution in [0.2, 0.25) is 0 Å². The first kappa shape index (κ1) is 46.4. The molecule has 11 atom stereocenters. The van der Waals surface area contributed by atoms with Crippen molar-refractivity contribution in [2.75, 3.05) is 6.61 Å². The number of ketones is 1. The smallest absolute Gasteiger partial charge is 0.408 e. The lowest BCUT2D eigenvalue weighted by Gasteiger charge is -2.67. The minimum atomic E-state index is -2.48. The summed E-state index contributed by atoms with van der Waals surface area (Å²) in [5.41, 5.74) is -10.5. The van der Waals surface area contributed by atoms with Crippen molar-refractivity contribution in [3.05, 3.63) is 58.7 Å². The van der Waals surface area contributed by atoms with E-state index >= 15 is 4.79 Å². The van der Waals surface area contributed by atoms with Crippen LogP contribution < -0.4 is 5.32 Å².